The second-order valence-electron chi connectivity index (χ2n) is 10.6. The van der Waals surface area contributed by atoms with Crippen LogP contribution in [-0.2, 0) is 30.0 Å². The molecule has 0 bridgehead atoms. The van der Waals surface area contributed by atoms with E-state index in [0.29, 0.717) is 5.39 Å². The molecular formula is C30H31N6O9P. The minimum atomic E-state index is -4.57. The van der Waals surface area contributed by atoms with Gasteiger partial charge in [-0.05, 0) is 29.5 Å². The molecule has 1 aromatic heterocycles. The monoisotopic (exact) mass is 650 g/mol. The van der Waals surface area contributed by atoms with E-state index in [4.69, 9.17) is 18.5 Å². The summed E-state index contributed by atoms with van der Waals surface area (Å²) in [5.41, 5.74) is 6.48. The summed E-state index contributed by atoms with van der Waals surface area (Å²) in [4.78, 5) is 41.9. The van der Waals surface area contributed by atoms with Crippen molar-refractivity contribution < 1.29 is 33.0 Å². The van der Waals surface area contributed by atoms with Crippen LogP contribution in [0.2, 0.25) is 0 Å². The molecule has 0 radical (unpaired) electrons. The van der Waals surface area contributed by atoms with E-state index in [1.807, 2.05) is 24.3 Å². The molecule has 0 spiro atoms. The molecule has 3 aromatic carbocycles. The lowest BCUT2D eigenvalue weighted by Gasteiger charge is -2.30. The van der Waals surface area contributed by atoms with Crippen molar-refractivity contribution in [2.75, 3.05) is 6.61 Å². The number of fused-ring (bicyclic) bond motifs is 1. The summed E-state index contributed by atoms with van der Waals surface area (Å²) >= 11 is 0. The molecule has 0 saturated carbocycles. The van der Waals surface area contributed by atoms with Crippen molar-refractivity contribution in [1.29, 1.82) is 0 Å². The number of esters is 1. The summed E-state index contributed by atoms with van der Waals surface area (Å²) < 4.78 is 38.5. The van der Waals surface area contributed by atoms with E-state index < -0.39 is 61.6 Å². The normalized spacial score (nSPS) is 22.8. The Kier molecular flexibility index (Phi) is 9.73. The van der Waals surface area contributed by atoms with Gasteiger partial charge in [-0.1, -0.05) is 78.8 Å². The molecule has 1 saturated heterocycles. The number of aliphatic hydroxyl groups is 1. The van der Waals surface area contributed by atoms with Gasteiger partial charge in [-0.15, -0.1) is 0 Å². The lowest BCUT2D eigenvalue weighted by atomic mass is 9.98. The van der Waals surface area contributed by atoms with Gasteiger partial charge in [0.1, 0.15) is 24.6 Å². The molecule has 46 heavy (non-hydrogen) atoms. The minimum Gasteiger partial charge on any atom is -0.460 e. The van der Waals surface area contributed by atoms with Gasteiger partial charge in [-0.2, -0.15) is 5.09 Å². The zero-order valence-corrected chi connectivity index (χ0v) is 25.7. The predicted molar refractivity (Wildman–Crippen MR) is 165 cm³/mol. The van der Waals surface area contributed by atoms with Crippen LogP contribution in [0.3, 0.4) is 0 Å². The van der Waals surface area contributed by atoms with E-state index in [2.05, 4.69) is 20.1 Å². The maximum absolute atomic E-state index is 14.4. The predicted octanol–water partition coefficient (Wildman–Crippen LogP) is 4.15. The Bertz CT molecular complexity index is 1920. The van der Waals surface area contributed by atoms with Crippen molar-refractivity contribution in [3.63, 3.8) is 0 Å². The number of nitrogens with one attached hydrogen (secondary N) is 2. The van der Waals surface area contributed by atoms with Crippen molar-refractivity contribution in [2.24, 2.45) is 11.0 Å². The van der Waals surface area contributed by atoms with Crippen LogP contribution in [-0.4, -0.2) is 45.1 Å². The van der Waals surface area contributed by atoms with Crippen molar-refractivity contribution in [2.45, 2.75) is 44.6 Å². The highest BCUT2D eigenvalue weighted by Gasteiger charge is 2.55. The van der Waals surface area contributed by atoms with Gasteiger partial charge in [0.25, 0.3) is 5.56 Å². The van der Waals surface area contributed by atoms with Crippen LogP contribution in [0.25, 0.3) is 21.2 Å². The fourth-order valence-corrected chi connectivity index (χ4v) is 6.55. The average Bonchev–Trinajstić information content (AvgIpc) is 3.29. The lowest BCUT2D eigenvalue weighted by Crippen LogP contribution is -2.44. The first kappa shape index (κ1) is 32.6. The van der Waals surface area contributed by atoms with E-state index in [9.17, 15) is 29.6 Å². The van der Waals surface area contributed by atoms with Gasteiger partial charge in [-0.25, -0.2) is 9.36 Å². The number of carbonyl (C=O) groups is 1. The molecule has 15 nitrogen and oxygen atoms in total. The van der Waals surface area contributed by atoms with Gasteiger partial charge in [0.15, 0.2) is 5.72 Å². The van der Waals surface area contributed by atoms with E-state index in [1.165, 1.54) is 20.0 Å². The highest BCUT2D eigenvalue weighted by Crippen LogP contribution is 2.50. The minimum absolute atomic E-state index is 0.0372. The number of aromatic nitrogens is 2. The van der Waals surface area contributed by atoms with Gasteiger partial charge >= 0.3 is 19.4 Å². The lowest BCUT2D eigenvalue weighted by molar-refractivity contribution is -0.146. The van der Waals surface area contributed by atoms with E-state index in [-0.39, 0.29) is 12.4 Å². The van der Waals surface area contributed by atoms with Crippen LogP contribution in [0.1, 0.15) is 25.6 Å². The Morgan fingerprint density at radius 3 is 2.61 bits per heavy atom. The molecule has 0 amide bonds. The molecule has 6 atom stereocenters. The first-order valence-corrected chi connectivity index (χ1v) is 15.7. The SMILES string of the molecule is C[C@@H]1[C@H](n2ccc(=O)[nH]c2=O)O[C@@](COP(=O)(N[C@H](C)C(=O)OCc2ccccc2)Oc2cccc3ccccc23)(N=[N+]=[N-])[C@H]1O. The molecule has 2 heterocycles. The zero-order chi connectivity index (χ0) is 32.9. The van der Waals surface area contributed by atoms with Crippen LogP contribution in [0.4, 0.5) is 0 Å². The van der Waals surface area contributed by atoms with Gasteiger partial charge < -0.3 is 19.1 Å². The van der Waals surface area contributed by atoms with Crippen LogP contribution >= 0.6 is 7.75 Å². The Morgan fingerprint density at radius 1 is 1.15 bits per heavy atom. The third-order valence-electron chi connectivity index (χ3n) is 7.41. The first-order valence-electron chi connectivity index (χ1n) is 14.2. The fraction of sp³-hybridized carbons (Fsp3) is 0.300. The van der Waals surface area contributed by atoms with Crippen LogP contribution in [0.15, 0.2) is 99.8 Å². The molecule has 1 aliphatic heterocycles. The summed E-state index contributed by atoms with van der Waals surface area (Å²) in [6, 6.07) is 21.0. The van der Waals surface area contributed by atoms with Gasteiger partial charge in [0.2, 0.25) is 0 Å². The quantitative estimate of drug-likeness (QED) is 0.0656. The highest BCUT2D eigenvalue weighted by atomic mass is 31.2. The van der Waals surface area contributed by atoms with Gasteiger partial charge in [-0.3, -0.25) is 23.7 Å². The number of azide groups is 1. The molecule has 240 valence electrons. The number of rotatable bonds is 12. The molecule has 16 heteroatoms. The van der Waals surface area contributed by atoms with Crippen molar-refractivity contribution in [3.8, 4) is 5.75 Å². The number of hydrogen-bond acceptors (Lipinski definition) is 10. The second-order valence-corrected chi connectivity index (χ2v) is 12.3. The number of H-pyrrole nitrogens is 1. The number of ether oxygens (including phenoxy) is 2. The Balaban J connectivity index is 1.43. The summed E-state index contributed by atoms with van der Waals surface area (Å²) in [5, 5.41) is 18.8. The Labute approximate surface area is 261 Å². The molecule has 1 fully saturated rings. The smallest absolute Gasteiger partial charge is 0.459 e. The van der Waals surface area contributed by atoms with Gasteiger partial charge in [0.05, 0.1) is 12.7 Å². The largest absolute Gasteiger partial charge is 0.460 e. The number of nitrogens with zero attached hydrogens (tertiary/aromatic N) is 4. The Morgan fingerprint density at radius 2 is 1.87 bits per heavy atom. The van der Waals surface area contributed by atoms with E-state index in [0.717, 1.165) is 21.6 Å². The fourth-order valence-electron chi connectivity index (χ4n) is 5.01. The number of aliphatic hydroxyl groups excluding tert-OH is 1. The van der Waals surface area contributed by atoms with Crippen LogP contribution < -0.4 is 20.9 Å². The number of carbonyl (C=O) groups excluding carboxylic acids is 1. The van der Waals surface area contributed by atoms with E-state index >= 15 is 0 Å². The number of hydrogen-bond donors (Lipinski definition) is 3. The van der Waals surface area contributed by atoms with Gasteiger partial charge in [0, 0.05) is 28.5 Å². The van der Waals surface area contributed by atoms with Crippen LogP contribution in [0, 0.1) is 5.92 Å². The number of aromatic amines is 1. The maximum Gasteiger partial charge on any atom is 0.459 e. The molecule has 3 N–H and O–H groups in total. The van der Waals surface area contributed by atoms with Crippen LogP contribution in [0.5, 0.6) is 5.75 Å². The van der Waals surface area contributed by atoms with Crippen molar-refractivity contribution in [1.82, 2.24) is 14.6 Å². The summed E-state index contributed by atoms with van der Waals surface area (Å²) in [5.74, 6) is -1.49. The van der Waals surface area contributed by atoms with Crippen molar-refractivity contribution >= 4 is 24.5 Å². The zero-order valence-electron chi connectivity index (χ0n) is 24.8. The second kappa shape index (κ2) is 13.7. The first-order chi connectivity index (χ1) is 22.0. The molecular weight excluding hydrogens is 619 g/mol. The molecule has 0 aliphatic carbocycles. The topological polar surface area (TPSA) is 207 Å². The third kappa shape index (κ3) is 7.05. The highest BCUT2D eigenvalue weighted by molar-refractivity contribution is 7.52. The number of benzene rings is 3. The standard InChI is InChI=1S/C30H31N6O9P/c1-19-26(38)30(34-35-31,44-27(19)36-16-15-25(37)32-29(36)40)18-43-46(41,45-24-14-8-12-22-11-6-7-13-23(22)24)33-20(2)28(39)42-17-21-9-4-3-5-10-21/h3-16,19-20,26-27,38H,17-18H2,1-2H3,(H,33,41)(H,32,37,40)/t19-,20+,26-,27+,30+,46?/m0/s1. The Hall–Kier alpha value is -4.75. The third-order valence-corrected chi connectivity index (χ3v) is 9.02. The van der Waals surface area contributed by atoms with Crippen molar-refractivity contribution in [3.05, 3.63) is 122 Å². The van der Waals surface area contributed by atoms with E-state index in [1.54, 1.807) is 48.5 Å². The molecule has 1 unspecified atom stereocenters. The summed E-state index contributed by atoms with van der Waals surface area (Å²) in [6.07, 6.45) is -1.63. The average molecular weight is 651 g/mol. The molecule has 1 aliphatic rings. The maximum atomic E-state index is 14.4. The molecule has 4 aromatic rings. The summed E-state index contributed by atoms with van der Waals surface area (Å²) in [7, 11) is -4.57. The molecule has 5 rings (SSSR count). The summed E-state index contributed by atoms with van der Waals surface area (Å²) in [6.45, 7) is 2.06.